The van der Waals surface area contributed by atoms with Gasteiger partial charge < -0.3 is 14.8 Å². The molecule has 1 amide bonds. The maximum atomic E-state index is 12.9. The summed E-state index contributed by atoms with van der Waals surface area (Å²) >= 11 is 0. The molecule has 9 heteroatoms. The number of halogens is 1. The Kier molecular flexibility index (Phi) is 6.62. The predicted molar refractivity (Wildman–Crippen MR) is 100.0 cm³/mol. The van der Waals surface area contributed by atoms with Crippen molar-refractivity contribution >= 4 is 21.6 Å². The summed E-state index contributed by atoms with van der Waals surface area (Å²) in [5.41, 5.74) is 0.912. The lowest BCUT2D eigenvalue weighted by atomic mass is 10.2. The fourth-order valence-corrected chi connectivity index (χ4v) is 3.22. The van der Waals surface area contributed by atoms with Gasteiger partial charge in [-0.2, -0.15) is 0 Å². The number of hydrogen-bond acceptors (Lipinski definition) is 5. The van der Waals surface area contributed by atoms with Gasteiger partial charge in [-0.05, 0) is 29.8 Å². The molecular formula is C18H21FN2O5S. The lowest BCUT2D eigenvalue weighted by Gasteiger charge is -2.24. The molecule has 0 atom stereocenters. The van der Waals surface area contributed by atoms with Crippen LogP contribution in [0.25, 0.3) is 0 Å². The van der Waals surface area contributed by atoms with Crippen LogP contribution in [0.1, 0.15) is 5.56 Å². The van der Waals surface area contributed by atoms with Gasteiger partial charge in [0.2, 0.25) is 15.9 Å². The highest BCUT2D eigenvalue weighted by Crippen LogP contribution is 2.33. The number of sulfonamides is 1. The predicted octanol–water partition coefficient (Wildman–Crippen LogP) is 1.93. The van der Waals surface area contributed by atoms with E-state index in [0.29, 0.717) is 11.3 Å². The standard InChI is InChI=1S/C18H21FN2O5S/c1-25-15-8-9-16(17(10-15)26-2)21(27(3,23)24)12-18(22)20-11-13-4-6-14(19)7-5-13/h4-10H,11-12H2,1-3H3,(H,20,22). The van der Waals surface area contributed by atoms with Crippen LogP contribution < -0.4 is 19.1 Å². The monoisotopic (exact) mass is 396 g/mol. The number of nitrogens with one attached hydrogen (secondary N) is 1. The summed E-state index contributed by atoms with van der Waals surface area (Å²) in [6.07, 6.45) is 1.00. The highest BCUT2D eigenvalue weighted by Gasteiger charge is 2.24. The minimum atomic E-state index is -3.75. The zero-order valence-corrected chi connectivity index (χ0v) is 16.0. The maximum Gasteiger partial charge on any atom is 0.241 e. The van der Waals surface area contributed by atoms with Gasteiger partial charge >= 0.3 is 0 Å². The summed E-state index contributed by atoms with van der Waals surface area (Å²) in [6.45, 7) is -0.279. The average Bonchev–Trinajstić information content (AvgIpc) is 2.64. The minimum Gasteiger partial charge on any atom is -0.497 e. The molecule has 0 radical (unpaired) electrons. The first-order chi connectivity index (χ1) is 12.7. The number of carbonyl (C=O) groups is 1. The van der Waals surface area contributed by atoms with E-state index in [0.717, 1.165) is 10.6 Å². The highest BCUT2D eigenvalue weighted by molar-refractivity contribution is 7.92. The second-order valence-corrected chi connectivity index (χ2v) is 7.62. The van der Waals surface area contributed by atoms with Crippen LogP contribution in [0, 0.1) is 5.82 Å². The number of benzene rings is 2. The van der Waals surface area contributed by atoms with Crippen molar-refractivity contribution in [2.75, 3.05) is 31.3 Å². The first-order valence-electron chi connectivity index (χ1n) is 7.95. The molecule has 0 aliphatic heterocycles. The van der Waals surface area contributed by atoms with Crippen molar-refractivity contribution in [1.29, 1.82) is 0 Å². The van der Waals surface area contributed by atoms with Crippen LogP contribution in [-0.2, 0) is 21.4 Å². The van der Waals surface area contributed by atoms with E-state index >= 15 is 0 Å². The van der Waals surface area contributed by atoms with Gasteiger partial charge in [-0.15, -0.1) is 0 Å². The van der Waals surface area contributed by atoms with Crippen molar-refractivity contribution in [1.82, 2.24) is 5.32 Å². The molecule has 0 fully saturated rings. The first-order valence-corrected chi connectivity index (χ1v) is 9.80. The molecule has 7 nitrogen and oxygen atoms in total. The van der Waals surface area contributed by atoms with Crippen LogP contribution >= 0.6 is 0 Å². The van der Waals surface area contributed by atoms with Crippen LogP contribution in [0.3, 0.4) is 0 Å². The summed E-state index contributed by atoms with van der Waals surface area (Å²) < 4.78 is 48.6. The third-order valence-corrected chi connectivity index (χ3v) is 4.87. The van der Waals surface area contributed by atoms with Crippen LogP contribution in [0.5, 0.6) is 11.5 Å². The molecule has 146 valence electrons. The van der Waals surface area contributed by atoms with Crippen molar-refractivity contribution in [3.05, 3.63) is 53.8 Å². The van der Waals surface area contributed by atoms with E-state index in [1.807, 2.05) is 0 Å². The normalized spacial score (nSPS) is 11.0. The fraction of sp³-hybridized carbons (Fsp3) is 0.278. The third-order valence-electron chi connectivity index (χ3n) is 3.75. The number of nitrogens with zero attached hydrogens (tertiary/aromatic N) is 1. The summed E-state index contributed by atoms with van der Waals surface area (Å²) in [5.74, 6) is -0.140. The van der Waals surface area contributed by atoms with Gasteiger partial charge in [0.25, 0.3) is 0 Å². The van der Waals surface area contributed by atoms with E-state index < -0.39 is 22.5 Å². The second kappa shape index (κ2) is 8.72. The molecule has 0 spiro atoms. The Labute approximate surface area is 157 Å². The van der Waals surface area contributed by atoms with Gasteiger partial charge in [0.1, 0.15) is 23.9 Å². The molecule has 0 saturated heterocycles. The van der Waals surface area contributed by atoms with E-state index in [2.05, 4.69) is 5.32 Å². The van der Waals surface area contributed by atoms with E-state index in [4.69, 9.17) is 9.47 Å². The minimum absolute atomic E-state index is 0.149. The molecule has 0 unspecified atom stereocenters. The molecule has 0 heterocycles. The molecule has 0 aliphatic carbocycles. The van der Waals surface area contributed by atoms with Crippen LogP contribution in [-0.4, -0.2) is 41.3 Å². The number of rotatable bonds is 8. The number of carbonyl (C=O) groups excluding carboxylic acids is 1. The third kappa shape index (κ3) is 5.58. The molecule has 27 heavy (non-hydrogen) atoms. The number of amides is 1. The quantitative estimate of drug-likeness (QED) is 0.737. The summed E-state index contributed by atoms with van der Waals surface area (Å²) in [5, 5.41) is 2.62. The Morgan fingerprint density at radius 2 is 1.78 bits per heavy atom. The van der Waals surface area contributed by atoms with Crippen molar-refractivity contribution < 1.29 is 27.1 Å². The maximum absolute atomic E-state index is 12.9. The largest absolute Gasteiger partial charge is 0.497 e. The highest BCUT2D eigenvalue weighted by atomic mass is 32.2. The molecule has 2 aromatic carbocycles. The lowest BCUT2D eigenvalue weighted by Crippen LogP contribution is -2.40. The molecule has 0 bridgehead atoms. The topological polar surface area (TPSA) is 84.9 Å². The van der Waals surface area contributed by atoms with Crippen LogP contribution in [0.2, 0.25) is 0 Å². The van der Waals surface area contributed by atoms with E-state index in [-0.39, 0.29) is 23.8 Å². The van der Waals surface area contributed by atoms with Crippen molar-refractivity contribution in [3.63, 3.8) is 0 Å². The van der Waals surface area contributed by atoms with E-state index in [9.17, 15) is 17.6 Å². The van der Waals surface area contributed by atoms with Crippen LogP contribution in [0.15, 0.2) is 42.5 Å². The van der Waals surface area contributed by atoms with Gasteiger partial charge in [-0.3, -0.25) is 9.10 Å². The molecule has 2 aromatic rings. The average molecular weight is 396 g/mol. The van der Waals surface area contributed by atoms with Crippen LogP contribution in [0.4, 0.5) is 10.1 Å². The van der Waals surface area contributed by atoms with Gasteiger partial charge in [0, 0.05) is 12.6 Å². The zero-order valence-electron chi connectivity index (χ0n) is 15.2. The van der Waals surface area contributed by atoms with Gasteiger partial charge in [0.15, 0.2) is 0 Å². The lowest BCUT2D eigenvalue weighted by molar-refractivity contribution is -0.119. The molecule has 0 saturated carbocycles. The summed E-state index contributed by atoms with van der Waals surface area (Å²) in [7, 11) is -0.878. The smallest absolute Gasteiger partial charge is 0.241 e. The van der Waals surface area contributed by atoms with Crippen molar-refractivity contribution in [3.8, 4) is 11.5 Å². The van der Waals surface area contributed by atoms with Gasteiger partial charge in [-0.25, -0.2) is 12.8 Å². The van der Waals surface area contributed by atoms with E-state index in [1.165, 1.54) is 50.6 Å². The number of hydrogen-bond donors (Lipinski definition) is 1. The molecule has 0 aliphatic rings. The van der Waals surface area contributed by atoms with Gasteiger partial charge in [0.05, 0.1) is 26.2 Å². The van der Waals surface area contributed by atoms with Crippen molar-refractivity contribution in [2.45, 2.75) is 6.54 Å². The Hall–Kier alpha value is -2.81. The Morgan fingerprint density at radius 1 is 1.11 bits per heavy atom. The number of anilines is 1. The zero-order chi connectivity index (χ0) is 20.0. The summed E-state index contributed by atoms with van der Waals surface area (Å²) in [4.78, 5) is 12.3. The number of ether oxygens (including phenoxy) is 2. The van der Waals surface area contributed by atoms with E-state index in [1.54, 1.807) is 6.07 Å². The molecule has 2 rings (SSSR count). The first kappa shape index (κ1) is 20.5. The van der Waals surface area contributed by atoms with Crippen molar-refractivity contribution in [2.24, 2.45) is 0 Å². The summed E-state index contributed by atoms with van der Waals surface area (Å²) in [6, 6.07) is 10.3. The molecule has 1 N–H and O–H groups in total. The molecule has 0 aromatic heterocycles. The fourth-order valence-electron chi connectivity index (χ4n) is 2.36. The Bertz CT molecular complexity index is 900. The Balaban J connectivity index is 2.17. The van der Waals surface area contributed by atoms with Gasteiger partial charge in [-0.1, -0.05) is 12.1 Å². The number of methoxy groups -OCH3 is 2. The Morgan fingerprint density at radius 3 is 2.33 bits per heavy atom. The SMILES string of the molecule is COc1ccc(N(CC(=O)NCc2ccc(F)cc2)S(C)(=O)=O)c(OC)c1. The molecular weight excluding hydrogens is 375 g/mol. The second-order valence-electron chi connectivity index (χ2n) is 5.71.